The Hall–Kier alpha value is -2.53. The van der Waals surface area contributed by atoms with Gasteiger partial charge in [0.25, 0.3) is 5.91 Å². The Balaban J connectivity index is 1.70. The second-order valence-electron chi connectivity index (χ2n) is 7.35. The van der Waals surface area contributed by atoms with Crippen molar-refractivity contribution in [1.29, 1.82) is 0 Å². The second kappa shape index (κ2) is 8.65. The molecule has 0 aromatic heterocycles. The highest BCUT2D eigenvalue weighted by Crippen LogP contribution is 2.42. The van der Waals surface area contributed by atoms with E-state index < -0.39 is 5.41 Å². The van der Waals surface area contributed by atoms with Crippen LogP contribution < -0.4 is 10.1 Å². The lowest BCUT2D eigenvalue weighted by Crippen LogP contribution is -2.38. The molecule has 1 N–H and O–H groups in total. The molecule has 1 saturated carbocycles. The van der Waals surface area contributed by atoms with E-state index in [0.29, 0.717) is 16.5 Å². The normalized spacial score (nSPS) is 15.1. The molecule has 2 aromatic rings. The van der Waals surface area contributed by atoms with Crippen LogP contribution in [0.3, 0.4) is 0 Å². The highest BCUT2D eigenvalue weighted by Gasteiger charge is 2.42. The molecule has 0 saturated heterocycles. The zero-order valence-electron chi connectivity index (χ0n) is 16.2. The van der Waals surface area contributed by atoms with E-state index in [1.807, 2.05) is 24.3 Å². The molecule has 0 unspecified atom stereocenters. The van der Waals surface area contributed by atoms with Crippen molar-refractivity contribution in [2.45, 2.75) is 31.1 Å². The highest BCUT2D eigenvalue weighted by molar-refractivity contribution is 6.30. The SMILES string of the molecule is CN(C)C(=O)COc1ccc(NC(=O)C2(c3cccc(Cl)c3)CCCC2)cc1. The second-order valence-corrected chi connectivity index (χ2v) is 7.79. The van der Waals surface area contributed by atoms with Crippen LogP contribution in [0, 0.1) is 0 Å². The van der Waals surface area contributed by atoms with Gasteiger partial charge in [0.1, 0.15) is 5.75 Å². The van der Waals surface area contributed by atoms with Crippen LogP contribution in [0.25, 0.3) is 0 Å². The number of amides is 2. The van der Waals surface area contributed by atoms with Crippen molar-refractivity contribution in [1.82, 2.24) is 4.90 Å². The highest BCUT2D eigenvalue weighted by atomic mass is 35.5. The molecule has 6 heteroatoms. The Morgan fingerprint density at radius 1 is 1.11 bits per heavy atom. The predicted molar refractivity (Wildman–Crippen MR) is 111 cm³/mol. The number of benzene rings is 2. The van der Waals surface area contributed by atoms with Crippen LogP contribution in [-0.4, -0.2) is 37.4 Å². The molecule has 0 spiro atoms. The van der Waals surface area contributed by atoms with Crippen molar-refractivity contribution in [3.8, 4) is 5.75 Å². The van der Waals surface area contributed by atoms with Crippen molar-refractivity contribution < 1.29 is 14.3 Å². The number of nitrogens with one attached hydrogen (secondary N) is 1. The summed E-state index contributed by atoms with van der Waals surface area (Å²) < 4.78 is 5.47. The summed E-state index contributed by atoms with van der Waals surface area (Å²) in [5, 5.41) is 3.68. The maximum atomic E-state index is 13.2. The number of ether oxygens (including phenoxy) is 1. The lowest BCUT2D eigenvalue weighted by Gasteiger charge is -2.28. The molecule has 1 aliphatic carbocycles. The van der Waals surface area contributed by atoms with Crippen LogP contribution in [0.5, 0.6) is 5.75 Å². The molecule has 0 atom stereocenters. The first-order chi connectivity index (χ1) is 13.4. The Bertz CT molecular complexity index is 843. The first kappa shape index (κ1) is 20.2. The first-order valence-corrected chi connectivity index (χ1v) is 9.79. The summed E-state index contributed by atoms with van der Waals surface area (Å²) in [4.78, 5) is 26.3. The van der Waals surface area contributed by atoms with E-state index in [2.05, 4.69) is 5.32 Å². The lowest BCUT2D eigenvalue weighted by molar-refractivity contribution is -0.130. The van der Waals surface area contributed by atoms with Gasteiger partial charge in [0.15, 0.2) is 6.61 Å². The maximum absolute atomic E-state index is 13.2. The Labute approximate surface area is 170 Å². The van der Waals surface area contributed by atoms with Gasteiger partial charge in [0, 0.05) is 24.8 Å². The minimum Gasteiger partial charge on any atom is -0.484 e. The Morgan fingerprint density at radius 2 is 1.79 bits per heavy atom. The van der Waals surface area contributed by atoms with E-state index in [1.54, 1.807) is 38.4 Å². The Morgan fingerprint density at radius 3 is 2.39 bits per heavy atom. The molecule has 2 aromatic carbocycles. The monoisotopic (exact) mass is 400 g/mol. The number of halogens is 1. The number of carbonyl (C=O) groups excluding carboxylic acids is 2. The quantitative estimate of drug-likeness (QED) is 0.788. The van der Waals surface area contributed by atoms with Gasteiger partial charge in [0.05, 0.1) is 5.41 Å². The molecule has 3 rings (SSSR count). The van der Waals surface area contributed by atoms with E-state index in [1.165, 1.54) is 4.90 Å². The molecular formula is C22H25ClN2O3. The third-order valence-corrected chi connectivity index (χ3v) is 5.48. The third kappa shape index (κ3) is 4.47. The molecule has 0 heterocycles. The minimum atomic E-state index is -0.543. The predicted octanol–water partition coefficient (Wildman–Crippen LogP) is 4.26. The van der Waals surface area contributed by atoms with Gasteiger partial charge in [-0.25, -0.2) is 0 Å². The number of hydrogen-bond donors (Lipinski definition) is 1. The van der Waals surface area contributed by atoms with Crippen molar-refractivity contribution in [3.05, 3.63) is 59.1 Å². The summed E-state index contributed by atoms with van der Waals surface area (Å²) in [6.45, 7) is -0.0173. The molecule has 1 aliphatic rings. The van der Waals surface area contributed by atoms with E-state index in [-0.39, 0.29) is 18.4 Å². The summed E-state index contributed by atoms with van der Waals surface area (Å²) in [5.74, 6) is 0.462. The topological polar surface area (TPSA) is 58.6 Å². The van der Waals surface area contributed by atoms with E-state index in [4.69, 9.17) is 16.3 Å². The van der Waals surface area contributed by atoms with Crippen molar-refractivity contribution in [3.63, 3.8) is 0 Å². The molecule has 28 heavy (non-hydrogen) atoms. The van der Waals surface area contributed by atoms with Gasteiger partial charge in [-0.05, 0) is 54.8 Å². The van der Waals surface area contributed by atoms with Crippen LogP contribution in [0.4, 0.5) is 5.69 Å². The minimum absolute atomic E-state index is 0.0104. The fourth-order valence-corrected chi connectivity index (χ4v) is 3.76. The van der Waals surface area contributed by atoms with Gasteiger partial charge in [-0.1, -0.05) is 36.6 Å². The van der Waals surface area contributed by atoms with Gasteiger partial charge in [-0.15, -0.1) is 0 Å². The maximum Gasteiger partial charge on any atom is 0.259 e. The molecular weight excluding hydrogens is 376 g/mol. The fourth-order valence-electron chi connectivity index (χ4n) is 3.57. The lowest BCUT2D eigenvalue weighted by atomic mass is 9.78. The van der Waals surface area contributed by atoms with E-state index in [0.717, 1.165) is 31.2 Å². The van der Waals surface area contributed by atoms with Crippen LogP contribution in [0.2, 0.25) is 5.02 Å². The zero-order valence-corrected chi connectivity index (χ0v) is 17.0. The van der Waals surface area contributed by atoms with Gasteiger partial charge in [0.2, 0.25) is 5.91 Å². The van der Waals surface area contributed by atoms with Gasteiger partial charge >= 0.3 is 0 Å². The van der Waals surface area contributed by atoms with Gasteiger partial charge < -0.3 is 15.0 Å². The number of hydrogen-bond acceptors (Lipinski definition) is 3. The van der Waals surface area contributed by atoms with Crippen LogP contribution in [0.1, 0.15) is 31.2 Å². The molecule has 2 amide bonds. The number of carbonyl (C=O) groups is 2. The third-order valence-electron chi connectivity index (χ3n) is 5.24. The van der Waals surface area contributed by atoms with Crippen molar-refractivity contribution in [2.24, 2.45) is 0 Å². The fraction of sp³-hybridized carbons (Fsp3) is 0.364. The number of likely N-dealkylation sites (N-methyl/N-ethyl adjacent to an activating group) is 1. The summed E-state index contributed by atoms with van der Waals surface area (Å²) in [7, 11) is 3.37. The van der Waals surface area contributed by atoms with Crippen molar-refractivity contribution in [2.75, 3.05) is 26.0 Å². The molecule has 5 nitrogen and oxygen atoms in total. The van der Waals surface area contributed by atoms with Crippen LogP contribution in [-0.2, 0) is 15.0 Å². The summed E-state index contributed by atoms with van der Waals surface area (Å²) in [5.41, 5.74) is 1.12. The summed E-state index contributed by atoms with van der Waals surface area (Å²) in [6, 6.07) is 14.7. The molecule has 0 bridgehead atoms. The average Bonchev–Trinajstić information content (AvgIpc) is 3.18. The number of nitrogens with zero attached hydrogens (tertiary/aromatic N) is 1. The molecule has 148 valence electrons. The Kier molecular flexibility index (Phi) is 6.25. The van der Waals surface area contributed by atoms with Crippen molar-refractivity contribution >= 4 is 29.1 Å². The number of rotatable bonds is 6. The average molecular weight is 401 g/mol. The largest absolute Gasteiger partial charge is 0.484 e. The molecule has 1 fully saturated rings. The summed E-state index contributed by atoms with van der Waals surface area (Å²) in [6.07, 6.45) is 3.67. The molecule has 0 radical (unpaired) electrons. The zero-order chi connectivity index (χ0) is 20.1. The summed E-state index contributed by atoms with van der Waals surface area (Å²) >= 11 is 6.17. The standard InChI is InChI=1S/C22H25ClN2O3/c1-25(2)20(26)15-28-19-10-8-18(9-11-19)24-21(27)22(12-3-4-13-22)16-6-5-7-17(23)14-16/h5-11,14H,3-4,12-13,15H2,1-2H3,(H,24,27). The first-order valence-electron chi connectivity index (χ1n) is 9.41. The van der Waals surface area contributed by atoms with E-state index in [9.17, 15) is 9.59 Å². The van der Waals surface area contributed by atoms with Gasteiger partial charge in [-0.3, -0.25) is 9.59 Å². The van der Waals surface area contributed by atoms with Crippen LogP contribution >= 0.6 is 11.6 Å². The van der Waals surface area contributed by atoms with E-state index >= 15 is 0 Å². The smallest absolute Gasteiger partial charge is 0.259 e. The van der Waals surface area contributed by atoms with Gasteiger partial charge in [-0.2, -0.15) is 0 Å². The molecule has 0 aliphatic heterocycles. The number of anilines is 1. The van der Waals surface area contributed by atoms with Crippen LogP contribution in [0.15, 0.2) is 48.5 Å².